The molecule has 176 valence electrons. The number of nitriles is 1. The Morgan fingerprint density at radius 2 is 1.94 bits per heavy atom. The van der Waals surface area contributed by atoms with Gasteiger partial charge in [0.25, 0.3) is 5.91 Å². The quantitative estimate of drug-likeness (QED) is 0.284. The Kier molecular flexibility index (Phi) is 7.18. The van der Waals surface area contributed by atoms with E-state index in [1.54, 1.807) is 24.3 Å². The molecule has 0 atom stereocenters. The highest BCUT2D eigenvalue weighted by Gasteiger charge is 2.13. The van der Waals surface area contributed by atoms with Crippen LogP contribution in [-0.2, 0) is 4.79 Å². The lowest BCUT2D eigenvalue weighted by atomic mass is 10.1. The van der Waals surface area contributed by atoms with Crippen LogP contribution in [0, 0.1) is 25.2 Å². The lowest BCUT2D eigenvalue weighted by Crippen LogP contribution is -2.21. The van der Waals surface area contributed by atoms with Crippen molar-refractivity contribution in [3.8, 4) is 17.6 Å². The third kappa shape index (κ3) is 5.36. The molecular formula is C27H23BrN4O3. The number of anilines is 1. The van der Waals surface area contributed by atoms with Gasteiger partial charge in [0.1, 0.15) is 11.9 Å². The minimum absolute atomic E-state index is 0.178. The highest BCUT2D eigenvalue weighted by molar-refractivity contribution is 9.10. The molecule has 1 amide bonds. The van der Waals surface area contributed by atoms with Crippen molar-refractivity contribution in [1.82, 2.24) is 9.97 Å². The lowest BCUT2D eigenvalue weighted by molar-refractivity contribution is -0.118. The van der Waals surface area contributed by atoms with Gasteiger partial charge in [-0.15, -0.1) is 0 Å². The van der Waals surface area contributed by atoms with Gasteiger partial charge in [0.15, 0.2) is 18.1 Å². The average Bonchev–Trinajstić information content (AvgIpc) is 3.30. The number of fused-ring (bicyclic) bond motifs is 1. The Balaban J connectivity index is 1.48. The first kappa shape index (κ1) is 24.0. The fourth-order valence-electron chi connectivity index (χ4n) is 3.55. The third-order valence-electron chi connectivity index (χ3n) is 5.62. The zero-order chi connectivity index (χ0) is 24.9. The van der Waals surface area contributed by atoms with E-state index in [0.717, 1.165) is 37.9 Å². The molecule has 2 N–H and O–H groups in total. The number of hydrogen-bond acceptors (Lipinski definition) is 5. The van der Waals surface area contributed by atoms with Gasteiger partial charge in [-0.3, -0.25) is 4.79 Å². The number of hydrogen-bond donors (Lipinski definition) is 2. The van der Waals surface area contributed by atoms with Crippen LogP contribution in [0.4, 0.5) is 5.69 Å². The molecule has 7 nitrogen and oxygen atoms in total. The average molecular weight is 531 g/mol. The van der Waals surface area contributed by atoms with E-state index in [1.807, 2.05) is 50.2 Å². The Morgan fingerprint density at radius 1 is 1.14 bits per heavy atom. The van der Waals surface area contributed by atoms with E-state index in [-0.39, 0.29) is 12.5 Å². The maximum absolute atomic E-state index is 12.5. The van der Waals surface area contributed by atoms with Gasteiger partial charge in [0.05, 0.1) is 23.7 Å². The van der Waals surface area contributed by atoms with Crippen LogP contribution in [0.15, 0.2) is 59.1 Å². The van der Waals surface area contributed by atoms with Crippen molar-refractivity contribution in [3.63, 3.8) is 0 Å². The molecule has 0 fully saturated rings. The van der Waals surface area contributed by atoms with Gasteiger partial charge in [0, 0.05) is 10.2 Å². The summed E-state index contributed by atoms with van der Waals surface area (Å²) >= 11 is 3.49. The summed E-state index contributed by atoms with van der Waals surface area (Å²) in [6.45, 7) is 3.76. The number of carbonyl (C=O) groups is 1. The molecule has 8 heteroatoms. The summed E-state index contributed by atoms with van der Waals surface area (Å²) in [5, 5.41) is 12.6. The van der Waals surface area contributed by atoms with E-state index < -0.39 is 0 Å². The number of rotatable bonds is 7. The minimum atomic E-state index is -0.280. The molecule has 0 bridgehead atoms. The van der Waals surface area contributed by atoms with Gasteiger partial charge in [-0.1, -0.05) is 34.1 Å². The summed E-state index contributed by atoms with van der Waals surface area (Å²) in [5.74, 6) is 1.08. The fourth-order valence-corrected chi connectivity index (χ4v) is 3.98. The molecule has 0 spiro atoms. The number of benzene rings is 3. The Hall–Kier alpha value is -4.09. The summed E-state index contributed by atoms with van der Waals surface area (Å²) in [7, 11) is 1.52. The summed E-state index contributed by atoms with van der Waals surface area (Å²) < 4.78 is 12.2. The van der Waals surface area contributed by atoms with E-state index in [1.165, 1.54) is 7.11 Å². The molecular weight excluding hydrogens is 508 g/mol. The van der Waals surface area contributed by atoms with E-state index in [9.17, 15) is 10.1 Å². The number of imidazole rings is 1. The molecule has 0 aliphatic rings. The predicted octanol–water partition coefficient (Wildman–Crippen LogP) is 6.03. The van der Waals surface area contributed by atoms with Crippen LogP contribution >= 0.6 is 15.9 Å². The monoisotopic (exact) mass is 530 g/mol. The highest BCUT2D eigenvalue weighted by Crippen LogP contribution is 2.30. The summed E-state index contributed by atoms with van der Waals surface area (Å²) in [6, 6.07) is 18.8. The molecule has 3 aromatic carbocycles. The number of aromatic nitrogens is 2. The van der Waals surface area contributed by atoms with Gasteiger partial charge in [-0.25, -0.2) is 4.98 Å². The lowest BCUT2D eigenvalue weighted by Gasteiger charge is -2.14. The number of nitrogens with zero attached hydrogens (tertiary/aromatic N) is 2. The molecule has 0 aliphatic carbocycles. The summed E-state index contributed by atoms with van der Waals surface area (Å²) in [6.07, 6.45) is 1.72. The van der Waals surface area contributed by atoms with Crippen LogP contribution in [0.25, 0.3) is 22.7 Å². The minimum Gasteiger partial charge on any atom is -0.493 e. The number of amides is 1. The van der Waals surface area contributed by atoms with Crippen molar-refractivity contribution in [2.45, 2.75) is 13.8 Å². The molecule has 0 saturated heterocycles. The van der Waals surface area contributed by atoms with Crippen LogP contribution in [0.2, 0.25) is 0 Å². The number of aromatic amines is 1. The summed E-state index contributed by atoms with van der Waals surface area (Å²) in [4.78, 5) is 20.1. The molecule has 0 aliphatic heterocycles. The zero-order valence-electron chi connectivity index (χ0n) is 19.5. The molecule has 1 aromatic heterocycles. The number of allylic oxidation sites excluding steroid dienone is 1. The first-order valence-corrected chi connectivity index (χ1v) is 11.6. The number of para-hydroxylation sites is 2. The smallest absolute Gasteiger partial charge is 0.262 e. The van der Waals surface area contributed by atoms with Crippen LogP contribution in [0.3, 0.4) is 0 Å². The Morgan fingerprint density at radius 3 is 2.69 bits per heavy atom. The van der Waals surface area contributed by atoms with Crippen LogP contribution in [-0.4, -0.2) is 29.6 Å². The second-order valence-corrected chi connectivity index (χ2v) is 8.72. The number of ether oxygens (including phenoxy) is 2. The highest BCUT2D eigenvalue weighted by atomic mass is 79.9. The van der Waals surface area contributed by atoms with E-state index in [2.05, 4.69) is 37.3 Å². The molecule has 0 saturated carbocycles. The van der Waals surface area contributed by atoms with Crippen molar-refractivity contribution in [2.24, 2.45) is 0 Å². The van der Waals surface area contributed by atoms with Crippen molar-refractivity contribution in [1.29, 1.82) is 5.26 Å². The molecule has 0 unspecified atom stereocenters. The topological polar surface area (TPSA) is 100 Å². The maximum Gasteiger partial charge on any atom is 0.262 e. The number of halogens is 1. The van der Waals surface area contributed by atoms with Crippen LogP contribution in [0.1, 0.15) is 22.5 Å². The zero-order valence-corrected chi connectivity index (χ0v) is 21.1. The van der Waals surface area contributed by atoms with Gasteiger partial charge in [-0.05, 0) is 73.0 Å². The molecule has 1 heterocycles. The van der Waals surface area contributed by atoms with E-state index in [4.69, 9.17) is 9.47 Å². The second-order valence-electron chi connectivity index (χ2n) is 7.86. The first-order valence-electron chi connectivity index (χ1n) is 10.8. The number of nitrogens with one attached hydrogen (secondary N) is 2. The van der Waals surface area contributed by atoms with Crippen LogP contribution in [0.5, 0.6) is 11.5 Å². The second kappa shape index (κ2) is 10.5. The Bertz CT molecular complexity index is 1450. The Labute approximate surface area is 211 Å². The van der Waals surface area contributed by atoms with Crippen molar-refractivity contribution in [3.05, 3.63) is 81.6 Å². The SMILES string of the molecule is COc1cc(C=C(C#N)c2nc3ccccc3[nH]2)ccc1OCC(=O)Nc1ccc(Br)c(C)c1C. The van der Waals surface area contributed by atoms with E-state index >= 15 is 0 Å². The first-order chi connectivity index (χ1) is 16.9. The van der Waals surface area contributed by atoms with Gasteiger partial charge in [0.2, 0.25) is 0 Å². The molecule has 0 radical (unpaired) electrons. The summed E-state index contributed by atoms with van der Waals surface area (Å²) in [5.41, 5.74) is 5.55. The largest absolute Gasteiger partial charge is 0.493 e. The van der Waals surface area contributed by atoms with E-state index in [0.29, 0.717) is 22.9 Å². The van der Waals surface area contributed by atoms with Gasteiger partial charge in [-0.2, -0.15) is 5.26 Å². The fraction of sp³-hybridized carbons (Fsp3) is 0.148. The molecule has 35 heavy (non-hydrogen) atoms. The predicted molar refractivity (Wildman–Crippen MR) is 140 cm³/mol. The number of methoxy groups -OCH3 is 1. The third-order valence-corrected chi connectivity index (χ3v) is 6.48. The van der Waals surface area contributed by atoms with Crippen LogP contribution < -0.4 is 14.8 Å². The van der Waals surface area contributed by atoms with Crippen molar-refractivity contribution in [2.75, 3.05) is 19.0 Å². The van der Waals surface area contributed by atoms with Gasteiger partial charge < -0.3 is 19.8 Å². The van der Waals surface area contributed by atoms with Crippen molar-refractivity contribution < 1.29 is 14.3 Å². The van der Waals surface area contributed by atoms with Crippen molar-refractivity contribution >= 4 is 50.2 Å². The number of carbonyl (C=O) groups excluding carboxylic acids is 1. The molecule has 4 aromatic rings. The standard InChI is InChI=1S/C27H23BrN4O3/c1-16-17(2)21(10-9-20(16)28)30-26(33)15-35-24-11-8-18(13-25(24)34-3)12-19(14-29)27-31-22-6-4-5-7-23(22)32-27/h4-13H,15H2,1-3H3,(H,30,33)(H,31,32). The molecule has 4 rings (SSSR count). The number of H-pyrrole nitrogens is 1. The normalized spacial score (nSPS) is 11.2. The van der Waals surface area contributed by atoms with Gasteiger partial charge >= 0.3 is 0 Å². The maximum atomic E-state index is 12.5.